The van der Waals surface area contributed by atoms with Gasteiger partial charge < -0.3 is 5.48 Å². The van der Waals surface area contributed by atoms with Crippen LogP contribution in [0.4, 0.5) is 0 Å². The Morgan fingerprint density at radius 3 is 0.800 bits per heavy atom. The van der Waals surface area contributed by atoms with Gasteiger partial charge in [-0.3, -0.25) is 0 Å². The second-order valence-corrected chi connectivity index (χ2v) is 0. The first-order valence-electron chi connectivity index (χ1n) is 0. The van der Waals surface area contributed by atoms with E-state index in [4.69, 9.17) is 0 Å². The zero-order chi connectivity index (χ0) is 0. The average Bonchev–Trinajstić information content (AvgIpc) is 0. The molecule has 2 N–H and O–H groups in total. The fourth-order valence-corrected chi connectivity index (χ4v) is 0. The first-order chi connectivity index (χ1) is 0. The van der Waals surface area contributed by atoms with Crippen molar-refractivity contribution >= 4 is 8.41 Å². The van der Waals surface area contributed by atoms with Gasteiger partial charge in [-0.25, -0.2) is 0 Å². The van der Waals surface area contributed by atoms with E-state index in [2.05, 4.69) is 0 Å². The van der Waals surface area contributed by atoms with Crippen molar-refractivity contribution in [3.63, 3.8) is 0 Å². The van der Waals surface area contributed by atoms with Gasteiger partial charge in [-0.05, 0) is 0 Å². The molecule has 0 aromatic heterocycles. The van der Waals surface area contributed by atoms with Gasteiger partial charge in [0.05, 0.1) is 0 Å². The molecule has 0 spiro atoms. The van der Waals surface area contributed by atoms with Crippen molar-refractivity contribution in [2.45, 2.75) is 0 Å². The van der Waals surface area contributed by atoms with Crippen LogP contribution in [0.25, 0.3) is 0 Å². The molecule has 5 heteroatoms. The van der Waals surface area contributed by atoms with Crippen LogP contribution in [-0.2, 0) is 34.1 Å². The van der Waals surface area contributed by atoms with Crippen molar-refractivity contribution in [2.75, 3.05) is 0 Å². The van der Waals surface area contributed by atoms with Crippen molar-refractivity contribution in [1.29, 1.82) is 0 Å². The molecule has 0 unspecified atom stereocenters. The van der Waals surface area contributed by atoms with Gasteiger partial charge in [0.25, 0.3) is 0 Å². The van der Waals surface area contributed by atoms with E-state index in [1.165, 1.54) is 0 Å². The second kappa shape index (κ2) is 32.3. The maximum atomic E-state index is 0. The molecule has 0 aromatic rings. The van der Waals surface area contributed by atoms with Gasteiger partial charge in [0.1, 0.15) is 0 Å². The average molecular weight is 285 g/mol. The monoisotopic (exact) mass is 283 g/mol. The molecule has 3 radical (unpaired) electrons. The van der Waals surface area contributed by atoms with Crippen molar-refractivity contribution in [1.82, 2.24) is 0 Å². The largest absolute Gasteiger partial charge is 0.412 e. The van der Waals surface area contributed by atoms with Crippen LogP contribution in [0.2, 0.25) is 0 Å². The van der Waals surface area contributed by atoms with Crippen molar-refractivity contribution in [2.24, 2.45) is 0 Å². The number of hydrogen-bond acceptors (Lipinski definition) is 0. The van der Waals surface area contributed by atoms with Crippen molar-refractivity contribution in [3.8, 4) is 0 Å². The summed E-state index contributed by atoms with van der Waals surface area (Å²) in [5.74, 6) is 0. The summed E-state index contributed by atoms with van der Waals surface area (Å²) in [5, 5.41) is 0. The Kier molecular flexibility index (Phi) is 338. The summed E-state index contributed by atoms with van der Waals surface area (Å²) in [5.41, 5.74) is 0. The molecule has 0 heterocycles. The molecule has 0 bridgehead atoms. The van der Waals surface area contributed by atoms with E-state index < -0.39 is 0 Å². The summed E-state index contributed by atoms with van der Waals surface area (Å²) in [7, 11) is 0. The van der Waals surface area contributed by atoms with Gasteiger partial charge >= 0.3 is 0 Å². The molecule has 0 fully saturated rings. The molecular formula is H2BFe2NdO. The third-order valence-electron chi connectivity index (χ3n) is 0. The maximum absolute atomic E-state index is 0. The molecule has 1 nitrogen and oxygen atoms in total. The smallest absolute Gasteiger partial charge is 0 e. The summed E-state index contributed by atoms with van der Waals surface area (Å²) in [4.78, 5) is 0. The van der Waals surface area contributed by atoms with E-state index in [0.717, 1.165) is 0 Å². The Balaban J connectivity index is 0. The molecule has 0 aliphatic carbocycles. The Hall–Kier alpha value is 2.41. The van der Waals surface area contributed by atoms with Crippen LogP contribution in [-0.4, -0.2) is 13.9 Å². The second-order valence-electron chi connectivity index (χ2n) is 0. The van der Waals surface area contributed by atoms with E-state index in [1.54, 1.807) is 0 Å². The first kappa shape index (κ1) is 52.3. The minimum Gasteiger partial charge on any atom is -0.412 e. The number of hydrogen-bond donors (Lipinski definition) is 0. The van der Waals surface area contributed by atoms with Crippen LogP contribution in [0.1, 0.15) is 0 Å². The fourth-order valence-electron chi connectivity index (χ4n) is 0. The van der Waals surface area contributed by atoms with E-state index in [-0.39, 0.29) is 88.9 Å². The molecule has 0 saturated heterocycles. The SMILES string of the molecule is O.[B].[Fe].[Fe].[Nd]. The maximum Gasteiger partial charge on any atom is 0 e. The Labute approximate surface area is 87.4 Å². The molecule has 0 aromatic carbocycles. The topological polar surface area (TPSA) is 31.5 Å². The van der Waals surface area contributed by atoms with Crippen LogP contribution in [0.5, 0.6) is 0 Å². The summed E-state index contributed by atoms with van der Waals surface area (Å²) in [6.07, 6.45) is 0. The standard InChI is InChI=1S/B.2Fe.Nd.H2O/h;;;;1H2. The van der Waals surface area contributed by atoms with Crippen LogP contribution in [0, 0.1) is 40.8 Å². The van der Waals surface area contributed by atoms with E-state index in [9.17, 15) is 0 Å². The minimum absolute atomic E-state index is 0. The summed E-state index contributed by atoms with van der Waals surface area (Å²) < 4.78 is 0. The minimum atomic E-state index is 0. The zero-order valence-corrected chi connectivity index (χ0v) is 7.70. The van der Waals surface area contributed by atoms with Gasteiger partial charge in [-0.2, -0.15) is 0 Å². The predicted octanol–water partition coefficient (Wildman–Crippen LogP) is -1.21. The van der Waals surface area contributed by atoms with Crippen molar-refractivity contribution in [3.05, 3.63) is 0 Å². The molecule has 5 heavy (non-hydrogen) atoms. The molecule has 31 valence electrons. The van der Waals surface area contributed by atoms with Crippen LogP contribution in [0.15, 0.2) is 0 Å². The molecule has 0 atom stereocenters. The molecule has 0 rings (SSSR count). The quantitative estimate of drug-likeness (QED) is 0.500. The fraction of sp³-hybridized carbons (Fsp3) is 0. The van der Waals surface area contributed by atoms with Gasteiger partial charge in [0.15, 0.2) is 0 Å². The van der Waals surface area contributed by atoms with E-state index >= 15 is 0 Å². The normalized spacial score (nSPS) is 0. The first-order valence-corrected chi connectivity index (χ1v) is 0. The summed E-state index contributed by atoms with van der Waals surface area (Å²) >= 11 is 0. The Morgan fingerprint density at radius 1 is 0.800 bits per heavy atom. The van der Waals surface area contributed by atoms with Crippen LogP contribution >= 0.6 is 0 Å². The van der Waals surface area contributed by atoms with Crippen molar-refractivity contribution < 1.29 is 80.5 Å². The predicted molar refractivity (Wildman–Crippen MR) is 9.37 cm³/mol. The van der Waals surface area contributed by atoms with Gasteiger partial charge in [-0.15, -0.1) is 0 Å². The molecule has 0 aliphatic rings. The van der Waals surface area contributed by atoms with E-state index in [0.29, 0.717) is 0 Å². The molecule has 0 saturated carbocycles. The van der Waals surface area contributed by atoms with Crippen LogP contribution < -0.4 is 0 Å². The third kappa shape index (κ3) is 21.4. The Bertz CT molecular complexity index is 9.61. The Morgan fingerprint density at radius 2 is 0.800 bits per heavy atom. The summed E-state index contributed by atoms with van der Waals surface area (Å²) in [6.45, 7) is 0. The van der Waals surface area contributed by atoms with Gasteiger partial charge in [0, 0.05) is 83.4 Å². The van der Waals surface area contributed by atoms with Gasteiger partial charge in [-0.1, -0.05) is 0 Å². The number of rotatable bonds is 0. The van der Waals surface area contributed by atoms with E-state index in [1.807, 2.05) is 0 Å². The third-order valence-corrected chi connectivity index (χ3v) is 0. The zero-order valence-electron chi connectivity index (χ0n) is 2.28. The van der Waals surface area contributed by atoms with Gasteiger partial charge in [0.2, 0.25) is 0 Å². The van der Waals surface area contributed by atoms with Crippen LogP contribution in [0.3, 0.4) is 0 Å². The molecule has 0 amide bonds. The molecule has 0 aliphatic heterocycles. The summed E-state index contributed by atoms with van der Waals surface area (Å²) in [6, 6.07) is 0. The molecular weight excluding hydrogens is 283 g/mol.